The number of fused-ring (bicyclic) bond motifs is 1. The van der Waals surface area contributed by atoms with Gasteiger partial charge in [0.2, 0.25) is 5.88 Å². The molecule has 0 bridgehead atoms. The number of rotatable bonds is 4. The van der Waals surface area contributed by atoms with E-state index in [4.69, 9.17) is 9.72 Å². The molecule has 0 aliphatic carbocycles. The maximum absolute atomic E-state index is 5.14. The van der Waals surface area contributed by atoms with Crippen molar-refractivity contribution in [3.63, 3.8) is 0 Å². The average Bonchev–Trinajstić information content (AvgIpc) is 2.68. The summed E-state index contributed by atoms with van der Waals surface area (Å²) in [4.78, 5) is 19.8. The number of anilines is 2. The Morgan fingerprint density at radius 2 is 1.88 bits per heavy atom. The van der Waals surface area contributed by atoms with E-state index in [-0.39, 0.29) is 0 Å². The summed E-state index contributed by atoms with van der Waals surface area (Å²) < 4.78 is 5.14. The molecule has 0 amide bonds. The van der Waals surface area contributed by atoms with Gasteiger partial charge in [-0.05, 0) is 25.0 Å². The molecule has 3 heterocycles. The highest BCUT2D eigenvalue weighted by Gasteiger charge is 2.21. The van der Waals surface area contributed by atoms with E-state index in [2.05, 4.69) is 25.2 Å². The van der Waals surface area contributed by atoms with Gasteiger partial charge in [0.25, 0.3) is 0 Å². The molecule has 2 aromatic heterocycles. The monoisotopic (exact) mass is 336 g/mol. The summed E-state index contributed by atoms with van der Waals surface area (Å²) in [5.41, 5.74) is 1.87. The first-order chi connectivity index (χ1) is 12.3. The molecule has 4 rings (SSSR count). The van der Waals surface area contributed by atoms with Crippen molar-refractivity contribution in [2.24, 2.45) is 0 Å². The van der Waals surface area contributed by atoms with Gasteiger partial charge in [-0.15, -0.1) is 0 Å². The Labute approximate surface area is 146 Å². The van der Waals surface area contributed by atoms with Crippen molar-refractivity contribution in [3.05, 3.63) is 42.9 Å². The third-order valence-electron chi connectivity index (χ3n) is 4.46. The number of nitrogens with one attached hydrogen (secondary N) is 1. The van der Waals surface area contributed by atoms with Crippen molar-refractivity contribution in [3.8, 4) is 5.88 Å². The number of para-hydroxylation sites is 2. The molecule has 0 unspecified atom stereocenters. The van der Waals surface area contributed by atoms with Crippen molar-refractivity contribution in [1.82, 2.24) is 19.9 Å². The van der Waals surface area contributed by atoms with Crippen LogP contribution >= 0.6 is 0 Å². The fraction of sp³-hybridized carbons (Fsp3) is 0.333. The Morgan fingerprint density at radius 1 is 1.08 bits per heavy atom. The molecule has 0 saturated carbocycles. The van der Waals surface area contributed by atoms with Gasteiger partial charge in [-0.3, -0.25) is 4.98 Å². The topological polar surface area (TPSA) is 76.1 Å². The first-order valence-corrected chi connectivity index (χ1v) is 8.41. The van der Waals surface area contributed by atoms with Crippen LogP contribution in [0.4, 0.5) is 11.6 Å². The smallest absolute Gasteiger partial charge is 0.218 e. The second kappa shape index (κ2) is 6.88. The van der Waals surface area contributed by atoms with Crippen LogP contribution in [0.2, 0.25) is 0 Å². The lowest BCUT2D eigenvalue weighted by Gasteiger charge is -2.33. The molecule has 0 spiro atoms. The van der Waals surface area contributed by atoms with Gasteiger partial charge in [0.1, 0.15) is 18.0 Å². The van der Waals surface area contributed by atoms with Crippen LogP contribution in [0.3, 0.4) is 0 Å². The second-order valence-electron chi connectivity index (χ2n) is 6.07. The zero-order valence-electron chi connectivity index (χ0n) is 14.1. The Kier molecular flexibility index (Phi) is 4.28. The van der Waals surface area contributed by atoms with Crippen LogP contribution in [0, 0.1) is 0 Å². The van der Waals surface area contributed by atoms with Crippen molar-refractivity contribution in [2.75, 3.05) is 30.4 Å². The Morgan fingerprint density at radius 3 is 2.68 bits per heavy atom. The molecule has 25 heavy (non-hydrogen) atoms. The summed E-state index contributed by atoms with van der Waals surface area (Å²) in [6, 6.07) is 10.2. The van der Waals surface area contributed by atoms with E-state index in [0.717, 1.165) is 48.6 Å². The van der Waals surface area contributed by atoms with Crippen LogP contribution in [0.25, 0.3) is 11.0 Å². The van der Waals surface area contributed by atoms with Crippen LogP contribution < -0.4 is 15.0 Å². The second-order valence-corrected chi connectivity index (χ2v) is 6.07. The zero-order chi connectivity index (χ0) is 17.1. The van der Waals surface area contributed by atoms with E-state index in [9.17, 15) is 0 Å². The highest BCUT2D eigenvalue weighted by Crippen LogP contribution is 2.22. The molecule has 0 radical (unpaired) electrons. The predicted octanol–water partition coefficient (Wildman–Crippen LogP) is 2.51. The molecule has 1 N–H and O–H groups in total. The van der Waals surface area contributed by atoms with Gasteiger partial charge in [0.15, 0.2) is 0 Å². The molecular formula is C18H20N6O. The Bertz CT molecular complexity index is 863. The van der Waals surface area contributed by atoms with Gasteiger partial charge in [-0.1, -0.05) is 12.1 Å². The Hall–Kier alpha value is -2.96. The third-order valence-corrected chi connectivity index (χ3v) is 4.46. The number of methoxy groups -OCH3 is 1. The summed E-state index contributed by atoms with van der Waals surface area (Å²) >= 11 is 0. The van der Waals surface area contributed by atoms with Gasteiger partial charge in [0, 0.05) is 25.2 Å². The van der Waals surface area contributed by atoms with Crippen LogP contribution in [-0.2, 0) is 0 Å². The largest absolute Gasteiger partial charge is 0.481 e. The van der Waals surface area contributed by atoms with Crippen molar-refractivity contribution in [2.45, 2.75) is 18.9 Å². The van der Waals surface area contributed by atoms with Crippen molar-refractivity contribution < 1.29 is 4.74 Å². The predicted molar refractivity (Wildman–Crippen MR) is 97.0 cm³/mol. The number of hydrogen-bond donors (Lipinski definition) is 1. The lowest BCUT2D eigenvalue weighted by atomic mass is 10.1. The molecule has 7 heteroatoms. The summed E-state index contributed by atoms with van der Waals surface area (Å²) in [5.74, 6) is 2.32. The van der Waals surface area contributed by atoms with E-state index in [1.165, 1.54) is 6.33 Å². The lowest BCUT2D eigenvalue weighted by Crippen LogP contribution is -2.39. The molecule has 1 fully saturated rings. The number of benzene rings is 1. The molecule has 3 aromatic rings. The number of piperidine rings is 1. The summed E-state index contributed by atoms with van der Waals surface area (Å²) in [6.07, 6.45) is 5.41. The molecule has 1 aliphatic rings. The van der Waals surface area contributed by atoms with Gasteiger partial charge in [0.05, 0.1) is 24.3 Å². The fourth-order valence-corrected chi connectivity index (χ4v) is 3.09. The van der Waals surface area contributed by atoms with Crippen LogP contribution in [0.15, 0.2) is 42.9 Å². The number of nitrogens with zero attached hydrogens (tertiary/aromatic N) is 5. The third kappa shape index (κ3) is 3.45. The van der Waals surface area contributed by atoms with Crippen LogP contribution in [-0.4, -0.2) is 46.2 Å². The molecule has 0 atom stereocenters. The van der Waals surface area contributed by atoms with E-state index < -0.39 is 0 Å². The zero-order valence-corrected chi connectivity index (χ0v) is 14.1. The molecule has 1 saturated heterocycles. The maximum atomic E-state index is 5.14. The molecule has 128 valence electrons. The summed E-state index contributed by atoms with van der Waals surface area (Å²) in [7, 11) is 1.61. The number of ether oxygens (including phenoxy) is 1. The van der Waals surface area contributed by atoms with E-state index in [1.54, 1.807) is 7.11 Å². The SMILES string of the molecule is COc1cc(NC2CCN(c3cnc4ccccc4n3)CC2)ncn1. The molecule has 1 aliphatic heterocycles. The lowest BCUT2D eigenvalue weighted by molar-refractivity contribution is 0.397. The standard InChI is InChI=1S/C18H20N6O/c1-25-18-10-16(20-12-21-18)22-13-6-8-24(9-7-13)17-11-19-14-4-2-3-5-15(14)23-17/h2-5,10-13H,6-9H2,1H3,(H,20,21,22). The first-order valence-electron chi connectivity index (χ1n) is 8.41. The molecule has 1 aromatic carbocycles. The van der Waals surface area contributed by atoms with Gasteiger partial charge < -0.3 is 15.0 Å². The summed E-state index contributed by atoms with van der Waals surface area (Å²) in [5, 5.41) is 3.46. The number of aromatic nitrogens is 4. The number of hydrogen-bond acceptors (Lipinski definition) is 7. The molecular weight excluding hydrogens is 316 g/mol. The quantitative estimate of drug-likeness (QED) is 0.784. The Balaban J connectivity index is 1.40. The summed E-state index contributed by atoms with van der Waals surface area (Å²) in [6.45, 7) is 1.87. The minimum absolute atomic E-state index is 0.379. The fourth-order valence-electron chi connectivity index (χ4n) is 3.09. The van der Waals surface area contributed by atoms with E-state index in [0.29, 0.717) is 11.9 Å². The van der Waals surface area contributed by atoms with Gasteiger partial charge in [-0.2, -0.15) is 0 Å². The van der Waals surface area contributed by atoms with Crippen molar-refractivity contribution >= 4 is 22.7 Å². The van der Waals surface area contributed by atoms with Crippen LogP contribution in [0.5, 0.6) is 5.88 Å². The minimum Gasteiger partial charge on any atom is -0.481 e. The highest BCUT2D eigenvalue weighted by molar-refractivity contribution is 5.75. The van der Waals surface area contributed by atoms with Gasteiger partial charge >= 0.3 is 0 Å². The maximum Gasteiger partial charge on any atom is 0.218 e. The highest BCUT2D eigenvalue weighted by atomic mass is 16.5. The van der Waals surface area contributed by atoms with Gasteiger partial charge in [-0.25, -0.2) is 15.0 Å². The van der Waals surface area contributed by atoms with Crippen LogP contribution in [0.1, 0.15) is 12.8 Å². The molecule has 7 nitrogen and oxygen atoms in total. The van der Waals surface area contributed by atoms with E-state index >= 15 is 0 Å². The normalized spacial score (nSPS) is 15.3. The first kappa shape index (κ1) is 15.6. The minimum atomic E-state index is 0.379. The van der Waals surface area contributed by atoms with Crippen molar-refractivity contribution in [1.29, 1.82) is 0 Å². The van der Waals surface area contributed by atoms with E-state index in [1.807, 2.05) is 36.5 Å². The average molecular weight is 336 g/mol.